The van der Waals surface area contributed by atoms with E-state index >= 15 is 0 Å². The third-order valence-corrected chi connectivity index (χ3v) is 0.520. The molecule has 0 aromatic heterocycles. The van der Waals surface area contributed by atoms with Crippen LogP contribution in [0, 0.1) is 0 Å². The maximum absolute atomic E-state index is 9.68. The van der Waals surface area contributed by atoms with Crippen molar-refractivity contribution in [3.63, 3.8) is 0 Å². The fraction of sp³-hybridized carbons (Fsp3) is 0.750. The van der Waals surface area contributed by atoms with Crippen molar-refractivity contribution in [1.29, 1.82) is 0 Å². The predicted octanol–water partition coefficient (Wildman–Crippen LogP) is 0.105. The van der Waals surface area contributed by atoms with Gasteiger partial charge in [0.15, 0.2) is 0 Å². The molecule has 0 aliphatic carbocycles. The summed E-state index contributed by atoms with van der Waals surface area (Å²) in [7, 11) is 1.48. The second-order valence-corrected chi connectivity index (χ2v) is 1.14. The van der Waals surface area contributed by atoms with E-state index in [4.69, 9.17) is 5.11 Å². The summed E-state index contributed by atoms with van der Waals surface area (Å²) in [6.07, 6.45) is 0.0938. The molecule has 0 aromatic rings. The van der Waals surface area contributed by atoms with Gasteiger partial charge in [-0.15, -0.1) is 0 Å². The molecule has 0 spiro atoms. The quantitative estimate of drug-likeness (QED) is 0.600. The van der Waals surface area contributed by atoms with Gasteiger partial charge in [0.1, 0.15) is 0 Å². The van der Waals surface area contributed by atoms with Crippen LogP contribution < -0.4 is 0 Å². The Labute approximate surface area is 58.0 Å². The largest absolute Gasteiger partial charge is 0.481 e. The molecule has 8 heavy (non-hydrogen) atoms. The topological polar surface area (TPSA) is 46.5 Å². The fourth-order valence-corrected chi connectivity index (χ4v) is 0.189. The Morgan fingerprint density at radius 2 is 2.25 bits per heavy atom. The molecule has 0 unspecified atom stereocenters. The van der Waals surface area contributed by atoms with Crippen LogP contribution in [0.4, 0.5) is 0 Å². The van der Waals surface area contributed by atoms with E-state index in [2.05, 4.69) is 4.74 Å². The van der Waals surface area contributed by atoms with Crippen LogP contribution in [-0.2, 0) is 26.0 Å². The average molecular weight is 163 g/mol. The zero-order chi connectivity index (χ0) is 5.70. The van der Waals surface area contributed by atoms with Gasteiger partial charge in [0, 0.05) is 23.6 Å². The summed E-state index contributed by atoms with van der Waals surface area (Å²) in [5.41, 5.74) is 0. The Kier molecular flexibility index (Phi) is 9.37. The number of hydrogen-bond donors (Lipinski definition) is 1. The molecule has 52 valence electrons. The summed E-state index contributed by atoms with van der Waals surface area (Å²) >= 11 is 0. The van der Waals surface area contributed by atoms with Crippen molar-refractivity contribution >= 4 is 5.97 Å². The third kappa shape index (κ3) is 9.33. The standard InChI is InChI=1S/C4H8O3.Ni/c1-7-3-2-4(5)6;/h2-3H2,1H3,(H,5,6);. The summed E-state index contributed by atoms with van der Waals surface area (Å²) in [6, 6.07) is 0. The van der Waals surface area contributed by atoms with Crippen molar-refractivity contribution in [2.24, 2.45) is 0 Å². The number of carboxylic acid groups (broad SMARTS) is 1. The number of carbonyl (C=O) groups is 1. The molecule has 0 saturated heterocycles. The second-order valence-electron chi connectivity index (χ2n) is 1.14. The van der Waals surface area contributed by atoms with Crippen LogP contribution >= 0.6 is 0 Å². The van der Waals surface area contributed by atoms with Gasteiger partial charge in [0.25, 0.3) is 0 Å². The Bertz CT molecular complexity index is 64.3. The van der Waals surface area contributed by atoms with Gasteiger partial charge in [0.2, 0.25) is 0 Å². The average Bonchev–Trinajstić information content (AvgIpc) is 1.61. The van der Waals surface area contributed by atoms with E-state index in [-0.39, 0.29) is 22.9 Å². The van der Waals surface area contributed by atoms with Crippen LogP contribution in [0.1, 0.15) is 6.42 Å². The number of methoxy groups -OCH3 is 1. The van der Waals surface area contributed by atoms with Crippen molar-refractivity contribution in [3.05, 3.63) is 0 Å². The van der Waals surface area contributed by atoms with Crippen molar-refractivity contribution in [2.75, 3.05) is 13.7 Å². The zero-order valence-corrected chi connectivity index (χ0v) is 5.48. The summed E-state index contributed by atoms with van der Waals surface area (Å²) in [4.78, 5) is 9.68. The maximum atomic E-state index is 9.68. The van der Waals surface area contributed by atoms with E-state index in [1.54, 1.807) is 0 Å². The van der Waals surface area contributed by atoms with E-state index in [0.717, 1.165) is 0 Å². The van der Waals surface area contributed by atoms with Gasteiger partial charge < -0.3 is 9.84 Å². The van der Waals surface area contributed by atoms with Gasteiger partial charge in [-0.3, -0.25) is 4.79 Å². The predicted molar refractivity (Wildman–Crippen MR) is 24.1 cm³/mol. The van der Waals surface area contributed by atoms with Crippen LogP contribution in [0.15, 0.2) is 0 Å². The third-order valence-electron chi connectivity index (χ3n) is 0.520. The molecule has 0 heterocycles. The number of carboxylic acids is 1. The summed E-state index contributed by atoms with van der Waals surface area (Å²) in [6.45, 7) is 0.301. The number of hydrogen-bond acceptors (Lipinski definition) is 2. The Morgan fingerprint density at radius 1 is 1.75 bits per heavy atom. The van der Waals surface area contributed by atoms with Gasteiger partial charge in [-0.25, -0.2) is 0 Å². The van der Waals surface area contributed by atoms with Gasteiger partial charge >= 0.3 is 5.97 Å². The molecule has 0 radical (unpaired) electrons. The molecule has 0 atom stereocenters. The summed E-state index contributed by atoms with van der Waals surface area (Å²) < 4.78 is 4.47. The molecule has 0 fully saturated rings. The van der Waals surface area contributed by atoms with Crippen LogP contribution in [-0.4, -0.2) is 24.8 Å². The van der Waals surface area contributed by atoms with E-state index in [1.165, 1.54) is 7.11 Å². The number of aliphatic carboxylic acids is 1. The van der Waals surface area contributed by atoms with Crippen molar-refractivity contribution in [3.8, 4) is 0 Å². The molecule has 0 amide bonds. The fourth-order valence-electron chi connectivity index (χ4n) is 0.189. The van der Waals surface area contributed by atoms with Crippen LogP contribution in [0.2, 0.25) is 0 Å². The molecule has 3 nitrogen and oxygen atoms in total. The molecule has 0 aliphatic heterocycles. The van der Waals surface area contributed by atoms with Crippen LogP contribution in [0.25, 0.3) is 0 Å². The molecule has 1 N–H and O–H groups in total. The Balaban J connectivity index is 0. The zero-order valence-electron chi connectivity index (χ0n) is 4.49. The molecule has 0 aliphatic rings. The minimum Gasteiger partial charge on any atom is -0.481 e. The number of rotatable bonds is 3. The SMILES string of the molecule is COCCC(=O)O.[Ni]. The molecule has 0 aromatic carbocycles. The van der Waals surface area contributed by atoms with Gasteiger partial charge in [-0.2, -0.15) is 0 Å². The molecular formula is C4H8NiO3. The minimum atomic E-state index is -0.818. The first-order valence-electron chi connectivity index (χ1n) is 1.98. The summed E-state index contributed by atoms with van der Waals surface area (Å²) in [5.74, 6) is -0.818. The van der Waals surface area contributed by atoms with Gasteiger partial charge in [-0.1, -0.05) is 0 Å². The maximum Gasteiger partial charge on any atom is 0.305 e. The second kappa shape index (κ2) is 6.92. The first kappa shape index (κ1) is 10.8. The Morgan fingerprint density at radius 3 is 2.38 bits per heavy atom. The van der Waals surface area contributed by atoms with Crippen molar-refractivity contribution in [2.45, 2.75) is 6.42 Å². The molecule has 4 heteroatoms. The van der Waals surface area contributed by atoms with E-state index in [0.29, 0.717) is 6.61 Å². The van der Waals surface area contributed by atoms with E-state index in [1.807, 2.05) is 0 Å². The molecule has 0 saturated carbocycles. The van der Waals surface area contributed by atoms with Gasteiger partial charge in [-0.05, 0) is 0 Å². The first-order valence-corrected chi connectivity index (χ1v) is 1.98. The molecular weight excluding hydrogens is 155 g/mol. The van der Waals surface area contributed by atoms with E-state index < -0.39 is 5.97 Å². The molecule has 0 bridgehead atoms. The monoisotopic (exact) mass is 162 g/mol. The van der Waals surface area contributed by atoms with Crippen LogP contribution in [0.5, 0.6) is 0 Å². The Hall–Kier alpha value is -0.0765. The van der Waals surface area contributed by atoms with E-state index in [9.17, 15) is 4.79 Å². The normalized spacial score (nSPS) is 7.62. The van der Waals surface area contributed by atoms with Crippen molar-refractivity contribution < 1.29 is 31.1 Å². The van der Waals surface area contributed by atoms with Crippen molar-refractivity contribution in [1.82, 2.24) is 0 Å². The van der Waals surface area contributed by atoms with Gasteiger partial charge in [0.05, 0.1) is 13.0 Å². The summed E-state index contributed by atoms with van der Waals surface area (Å²) in [5, 5.41) is 7.96. The smallest absolute Gasteiger partial charge is 0.305 e. The minimum absolute atomic E-state index is 0. The first-order chi connectivity index (χ1) is 3.27. The van der Waals surface area contributed by atoms with Crippen LogP contribution in [0.3, 0.4) is 0 Å². The molecule has 0 rings (SSSR count). The number of ether oxygens (including phenoxy) is 1.